The van der Waals surface area contributed by atoms with E-state index in [1.54, 1.807) is 18.2 Å². The first kappa shape index (κ1) is 18.6. The fourth-order valence-electron chi connectivity index (χ4n) is 2.24. The van der Waals surface area contributed by atoms with Gasteiger partial charge in [-0.25, -0.2) is 4.79 Å². The number of hydrogen-bond donors (Lipinski definition) is 1. The largest absolute Gasteiger partial charge is 0.490 e. The van der Waals surface area contributed by atoms with Crippen molar-refractivity contribution in [2.45, 2.75) is 6.18 Å². The third-order valence-corrected chi connectivity index (χ3v) is 3.21. The Bertz CT molecular complexity index is 733. The second kappa shape index (κ2) is 7.89. The van der Waals surface area contributed by atoms with Crippen LogP contribution in [0, 0.1) is 0 Å². The predicted octanol–water partition coefficient (Wildman–Crippen LogP) is 3.86. The van der Waals surface area contributed by atoms with Crippen LogP contribution in [-0.2, 0) is 10.9 Å². The highest BCUT2D eigenvalue weighted by Gasteiger charge is 2.36. The molecule has 1 amide bonds. The highest BCUT2D eigenvalue weighted by molar-refractivity contribution is 5.77. The first-order valence-corrected chi connectivity index (χ1v) is 7.22. The van der Waals surface area contributed by atoms with E-state index in [2.05, 4.69) is 4.74 Å². The van der Waals surface area contributed by atoms with Crippen LogP contribution in [-0.4, -0.2) is 26.4 Å². The van der Waals surface area contributed by atoms with Crippen molar-refractivity contribution in [1.29, 1.82) is 0 Å². The minimum Gasteiger partial charge on any atom is -0.490 e. The van der Waals surface area contributed by atoms with Gasteiger partial charge in [-0.1, -0.05) is 30.3 Å². The fourth-order valence-corrected chi connectivity index (χ4v) is 2.24. The molecule has 2 aromatic carbocycles. The average molecular weight is 355 g/mol. The third-order valence-electron chi connectivity index (χ3n) is 3.21. The Balaban J connectivity index is 2.64. The lowest BCUT2D eigenvalue weighted by atomic mass is 9.97. The molecule has 0 aliphatic rings. The molecule has 0 fully saturated rings. The van der Waals surface area contributed by atoms with Gasteiger partial charge in [-0.2, -0.15) is 13.2 Å². The van der Waals surface area contributed by atoms with E-state index in [0.717, 1.165) is 6.07 Å². The SMILES string of the molecule is COCCOc1cc(OC(N)=O)cc(C(F)(F)F)c1-c1ccccc1. The maximum atomic E-state index is 13.6. The van der Waals surface area contributed by atoms with Crippen LogP contribution < -0.4 is 15.2 Å². The van der Waals surface area contributed by atoms with Gasteiger partial charge in [0.25, 0.3) is 0 Å². The normalized spacial score (nSPS) is 11.2. The van der Waals surface area contributed by atoms with E-state index in [1.165, 1.54) is 25.3 Å². The highest BCUT2D eigenvalue weighted by atomic mass is 19.4. The van der Waals surface area contributed by atoms with Gasteiger partial charge < -0.3 is 19.9 Å². The number of methoxy groups -OCH3 is 1. The predicted molar refractivity (Wildman–Crippen MR) is 84.5 cm³/mol. The highest BCUT2D eigenvalue weighted by Crippen LogP contribution is 2.44. The number of alkyl halides is 3. The molecular formula is C17H16F3NO4. The zero-order valence-electron chi connectivity index (χ0n) is 13.3. The molecule has 2 rings (SSSR count). The van der Waals surface area contributed by atoms with Crippen LogP contribution in [0.5, 0.6) is 11.5 Å². The van der Waals surface area contributed by atoms with Crippen molar-refractivity contribution in [1.82, 2.24) is 0 Å². The van der Waals surface area contributed by atoms with Gasteiger partial charge in [-0.15, -0.1) is 0 Å². The molecule has 0 unspecified atom stereocenters. The maximum absolute atomic E-state index is 13.6. The second-order valence-corrected chi connectivity index (χ2v) is 4.97. The Hall–Kier alpha value is -2.74. The van der Waals surface area contributed by atoms with Crippen LogP contribution in [0.25, 0.3) is 11.1 Å². The van der Waals surface area contributed by atoms with Crippen LogP contribution in [0.15, 0.2) is 42.5 Å². The lowest BCUT2D eigenvalue weighted by Crippen LogP contribution is -2.17. The topological polar surface area (TPSA) is 70.8 Å². The minimum atomic E-state index is -4.69. The zero-order valence-corrected chi connectivity index (χ0v) is 13.3. The lowest BCUT2D eigenvalue weighted by Gasteiger charge is -2.19. The molecule has 2 N–H and O–H groups in total. The summed E-state index contributed by atoms with van der Waals surface area (Å²) in [6.45, 7) is 0.199. The average Bonchev–Trinajstić information content (AvgIpc) is 2.54. The number of benzene rings is 2. The fraction of sp³-hybridized carbons (Fsp3) is 0.235. The second-order valence-electron chi connectivity index (χ2n) is 4.97. The summed E-state index contributed by atoms with van der Waals surface area (Å²) in [7, 11) is 1.44. The van der Waals surface area contributed by atoms with E-state index >= 15 is 0 Å². The maximum Gasteiger partial charge on any atom is 0.417 e. The lowest BCUT2D eigenvalue weighted by molar-refractivity contribution is -0.137. The number of hydrogen-bond acceptors (Lipinski definition) is 4. The molecule has 0 bridgehead atoms. The standard InChI is InChI=1S/C17H16F3NO4/c1-23-7-8-24-14-10-12(25-16(21)22)9-13(17(18,19)20)15(14)11-5-3-2-4-6-11/h2-6,9-10H,7-8H2,1H3,(H2,21,22). The van der Waals surface area contributed by atoms with E-state index in [-0.39, 0.29) is 30.3 Å². The van der Waals surface area contributed by atoms with E-state index in [4.69, 9.17) is 15.2 Å². The van der Waals surface area contributed by atoms with Gasteiger partial charge in [-0.3, -0.25) is 0 Å². The Morgan fingerprint density at radius 1 is 1.12 bits per heavy atom. The van der Waals surface area contributed by atoms with Crippen molar-refractivity contribution in [2.24, 2.45) is 5.73 Å². The Kier molecular flexibility index (Phi) is 5.87. The molecule has 0 atom stereocenters. The molecule has 0 aromatic heterocycles. The summed E-state index contributed by atoms with van der Waals surface area (Å²) >= 11 is 0. The number of carbonyl (C=O) groups is 1. The van der Waals surface area contributed by atoms with Gasteiger partial charge in [-0.05, 0) is 11.6 Å². The Morgan fingerprint density at radius 3 is 2.36 bits per heavy atom. The molecule has 0 radical (unpaired) electrons. The summed E-state index contributed by atoms with van der Waals surface area (Å²) in [5, 5.41) is 0. The molecule has 8 heteroatoms. The third kappa shape index (κ3) is 4.87. The van der Waals surface area contributed by atoms with Crippen LogP contribution in [0.4, 0.5) is 18.0 Å². The number of halogens is 3. The molecule has 134 valence electrons. The van der Waals surface area contributed by atoms with Gasteiger partial charge in [0.05, 0.1) is 12.2 Å². The first-order chi connectivity index (χ1) is 11.8. The Labute approximate surface area is 142 Å². The van der Waals surface area contributed by atoms with E-state index < -0.39 is 17.8 Å². The quantitative estimate of drug-likeness (QED) is 0.799. The minimum absolute atomic E-state index is 0.0215. The molecule has 0 saturated carbocycles. The van der Waals surface area contributed by atoms with Crippen molar-refractivity contribution in [2.75, 3.05) is 20.3 Å². The van der Waals surface area contributed by atoms with Gasteiger partial charge in [0, 0.05) is 18.7 Å². The molecule has 0 aliphatic carbocycles. The van der Waals surface area contributed by atoms with E-state index in [9.17, 15) is 18.0 Å². The van der Waals surface area contributed by atoms with Gasteiger partial charge in [0.2, 0.25) is 0 Å². The van der Waals surface area contributed by atoms with Crippen molar-refractivity contribution in [3.63, 3.8) is 0 Å². The van der Waals surface area contributed by atoms with Crippen molar-refractivity contribution < 1.29 is 32.2 Å². The van der Waals surface area contributed by atoms with Crippen molar-refractivity contribution >= 4 is 6.09 Å². The van der Waals surface area contributed by atoms with E-state index in [0.29, 0.717) is 5.56 Å². The van der Waals surface area contributed by atoms with Crippen LogP contribution in [0.3, 0.4) is 0 Å². The zero-order chi connectivity index (χ0) is 18.4. The molecule has 2 aromatic rings. The summed E-state index contributed by atoms with van der Waals surface area (Å²) in [5.41, 5.74) is 4.07. The number of amides is 1. The summed E-state index contributed by atoms with van der Waals surface area (Å²) in [6.07, 6.45) is -5.91. The number of nitrogens with two attached hydrogens (primary N) is 1. The van der Waals surface area contributed by atoms with E-state index in [1.807, 2.05) is 0 Å². The van der Waals surface area contributed by atoms with Gasteiger partial charge in [0.1, 0.15) is 18.1 Å². The van der Waals surface area contributed by atoms with Crippen molar-refractivity contribution in [3.05, 3.63) is 48.0 Å². The molecule has 0 heterocycles. The van der Waals surface area contributed by atoms with Crippen LogP contribution >= 0.6 is 0 Å². The molecule has 0 aliphatic heterocycles. The molecule has 25 heavy (non-hydrogen) atoms. The van der Waals surface area contributed by atoms with Crippen LogP contribution in [0.1, 0.15) is 5.56 Å². The molecule has 5 nitrogen and oxygen atoms in total. The number of carbonyl (C=O) groups excluding carboxylic acids is 1. The number of primary amides is 1. The molecule has 0 saturated heterocycles. The number of rotatable bonds is 6. The van der Waals surface area contributed by atoms with Crippen LogP contribution in [0.2, 0.25) is 0 Å². The number of ether oxygens (including phenoxy) is 3. The Morgan fingerprint density at radius 2 is 1.80 bits per heavy atom. The first-order valence-electron chi connectivity index (χ1n) is 7.22. The summed E-state index contributed by atoms with van der Waals surface area (Å²) < 4.78 is 55.6. The summed E-state index contributed by atoms with van der Waals surface area (Å²) in [4.78, 5) is 10.9. The smallest absolute Gasteiger partial charge is 0.417 e. The summed E-state index contributed by atoms with van der Waals surface area (Å²) in [5.74, 6) is -0.443. The monoisotopic (exact) mass is 355 g/mol. The summed E-state index contributed by atoms with van der Waals surface area (Å²) in [6, 6.07) is 9.89. The van der Waals surface area contributed by atoms with Gasteiger partial charge >= 0.3 is 12.3 Å². The van der Waals surface area contributed by atoms with Crippen molar-refractivity contribution in [3.8, 4) is 22.6 Å². The molecule has 0 spiro atoms. The van der Waals surface area contributed by atoms with Gasteiger partial charge in [0.15, 0.2) is 0 Å². The molecular weight excluding hydrogens is 339 g/mol.